The molecule has 9 heteroatoms. The lowest BCUT2D eigenvalue weighted by Crippen LogP contribution is -2.14. The maximum absolute atomic E-state index is 13.4. The lowest BCUT2D eigenvalue weighted by atomic mass is 9.84. The van der Waals surface area contributed by atoms with Crippen LogP contribution in [0.15, 0.2) is 24.8 Å². The molecule has 0 radical (unpaired) electrons. The van der Waals surface area contributed by atoms with Crippen LogP contribution in [0.5, 0.6) is 0 Å². The monoisotopic (exact) mass is 622 g/mol. The van der Waals surface area contributed by atoms with E-state index in [2.05, 4.69) is 50.3 Å². The summed E-state index contributed by atoms with van der Waals surface area (Å²) in [6, 6.07) is 6.09. The van der Waals surface area contributed by atoms with Crippen LogP contribution < -0.4 is 0 Å². The van der Waals surface area contributed by atoms with Gasteiger partial charge < -0.3 is 24.2 Å². The molecule has 0 spiro atoms. The van der Waals surface area contributed by atoms with Gasteiger partial charge in [0.1, 0.15) is 5.78 Å². The highest BCUT2D eigenvalue weighted by molar-refractivity contribution is 6.25. The number of aromatic nitrogens is 4. The van der Waals surface area contributed by atoms with Crippen molar-refractivity contribution in [1.29, 1.82) is 0 Å². The van der Waals surface area contributed by atoms with Gasteiger partial charge in [0.15, 0.2) is 0 Å². The predicted octanol–water partition coefficient (Wildman–Crippen LogP) is 7.21. The van der Waals surface area contributed by atoms with Gasteiger partial charge >= 0.3 is 11.9 Å². The molecule has 240 valence electrons. The molecule has 2 N–H and O–H groups in total. The van der Waals surface area contributed by atoms with Crippen molar-refractivity contribution in [2.24, 2.45) is 0 Å². The highest BCUT2D eigenvalue weighted by Gasteiger charge is 2.35. The van der Waals surface area contributed by atoms with E-state index in [9.17, 15) is 14.4 Å². The smallest absolute Gasteiger partial charge is 0.340 e. The predicted molar refractivity (Wildman–Crippen MR) is 181 cm³/mol. The molecular formula is C37H42N4O5. The van der Waals surface area contributed by atoms with Gasteiger partial charge in [-0.3, -0.25) is 9.78 Å². The van der Waals surface area contributed by atoms with Gasteiger partial charge in [-0.15, -0.1) is 0 Å². The van der Waals surface area contributed by atoms with E-state index in [1.807, 2.05) is 25.1 Å². The van der Waals surface area contributed by atoms with Crippen molar-refractivity contribution < 1.29 is 23.9 Å². The minimum Gasteiger partial charge on any atom is -0.469 e. The molecule has 0 saturated carbocycles. The zero-order chi connectivity index (χ0) is 33.4. The fourth-order valence-electron chi connectivity index (χ4n) is 6.76. The maximum atomic E-state index is 13.4. The van der Waals surface area contributed by atoms with Gasteiger partial charge in [0.2, 0.25) is 0 Å². The highest BCUT2D eigenvalue weighted by Crippen LogP contribution is 2.44. The Kier molecular flexibility index (Phi) is 9.15. The molecule has 2 aliphatic rings. The Hall–Kier alpha value is -4.79. The number of rotatable bonds is 8. The number of carbonyl (C=O) groups excluding carboxylic acids is 3. The number of nitrogens with zero attached hydrogens (tertiary/aromatic N) is 2. The van der Waals surface area contributed by atoms with Gasteiger partial charge in [-0.1, -0.05) is 26.5 Å². The third-order valence-electron chi connectivity index (χ3n) is 9.48. The van der Waals surface area contributed by atoms with E-state index in [1.54, 1.807) is 6.92 Å². The fraction of sp³-hybridized carbons (Fsp3) is 0.378. The molecule has 2 atom stereocenters. The largest absolute Gasteiger partial charge is 0.469 e. The lowest BCUT2D eigenvalue weighted by Gasteiger charge is -2.18. The first-order valence-electron chi connectivity index (χ1n) is 15.7. The number of nitrogens with one attached hydrogen (secondary N) is 2. The Bertz CT molecular complexity index is 1980. The van der Waals surface area contributed by atoms with Crippen LogP contribution in [0, 0.1) is 13.8 Å². The second-order valence-electron chi connectivity index (χ2n) is 12.2. The molecule has 0 aromatic carbocycles. The van der Waals surface area contributed by atoms with E-state index in [0.29, 0.717) is 41.1 Å². The van der Waals surface area contributed by atoms with Crippen LogP contribution in [0.4, 0.5) is 0 Å². The number of hydrogen-bond acceptors (Lipinski definition) is 7. The summed E-state index contributed by atoms with van der Waals surface area (Å²) in [5.74, 6) is -1.28. The number of Topliss-reactive ketones (excluding diaryl/α,β-unsaturated/α-hetero) is 1. The van der Waals surface area contributed by atoms with Gasteiger partial charge in [-0.05, 0) is 81.0 Å². The van der Waals surface area contributed by atoms with Crippen molar-refractivity contribution in [3.05, 3.63) is 75.4 Å². The average molecular weight is 623 g/mol. The van der Waals surface area contributed by atoms with Gasteiger partial charge in [0.25, 0.3) is 0 Å². The summed E-state index contributed by atoms with van der Waals surface area (Å²) >= 11 is 0. The van der Waals surface area contributed by atoms with E-state index >= 15 is 0 Å². The number of ether oxygens (including phenoxy) is 2. The molecule has 0 unspecified atom stereocenters. The fourth-order valence-corrected chi connectivity index (χ4v) is 6.76. The minimum absolute atomic E-state index is 0.0643. The number of aryl methyl sites for hydroxylation is 3. The number of allylic oxidation sites excluding steroid dienone is 1. The molecule has 46 heavy (non-hydrogen) atoms. The highest BCUT2D eigenvalue weighted by atomic mass is 16.5. The summed E-state index contributed by atoms with van der Waals surface area (Å²) in [5.41, 5.74) is 11.7. The number of H-pyrrole nitrogens is 2. The topological polar surface area (TPSA) is 127 Å². The van der Waals surface area contributed by atoms with E-state index in [4.69, 9.17) is 19.4 Å². The number of methoxy groups -OCH3 is 2. The minimum atomic E-state index is -0.554. The number of ketones is 1. The molecule has 3 aromatic rings. The first kappa shape index (κ1) is 32.6. The van der Waals surface area contributed by atoms with Crippen LogP contribution in [0.25, 0.3) is 39.3 Å². The molecule has 0 saturated heterocycles. The molecule has 9 nitrogen and oxygen atoms in total. The first-order chi connectivity index (χ1) is 21.9. The van der Waals surface area contributed by atoms with E-state index < -0.39 is 11.9 Å². The molecule has 0 aliphatic carbocycles. The van der Waals surface area contributed by atoms with Crippen LogP contribution in [-0.2, 0) is 36.7 Å². The molecule has 5 rings (SSSR count). The first-order valence-corrected chi connectivity index (χ1v) is 15.7. The lowest BCUT2D eigenvalue weighted by molar-refractivity contribution is -0.140. The third-order valence-corrected chi connectivity index (χ3v) is 9.48. The Labute approximate surface area is 269 Å². The molecule has 5 heterocycles. The van der Waals surface area contributed by atoms with Gasteiger partial charge in [-0.25, -0.2) is 9.78 Å². The zero-order valence-electron chi connectivity index (χ0n) is 27.9. The maximum Gasteiger partial charge on any atom is 0.340 e. The SMILES string of the molecule is C=Cc1c(C)c2cc3nc(c(CC(=O)OC)c4nc(cc5[nH]c(cc1[nH]2)c(C)c5CC)C(C)=C4C(=O)OC)[C@@H](CCC(C)=O)[C@@H]3C. The Morgan fingerprint density at radius 3 is 2.26 bits per heavy atom. The Morgan fingerprint density at radius 2 is 1.63 bits per heavy atom. The second kappa shape index (κ2) is 12.9. The van der Waals surface area contributed by atoms with E-state index in [-0.39, 0.29) is 29.6 Å². The van der Waals surface area contributed by atoms with Gasteiger partial charge in [-0.2, -0.15) is 0 Å². The van der Waals surface area contributed by atoms with E-state index in [1.165, 1.54) is 14.2 Å². The average Bonchev–Trinajstić information content (AvgIpc) is 3.71. The molecule has 3 aromatic heterocycles. The molecule has 2 aliphatic heterocycles. The van der Waals surface area contributed by atoms with Crippen molar-refractivity contribution in [3.63, 3.8) is 0 Å². The number of hydrogen-bond donors (Lipinski definition) is 2. The van der Waals surface area contributed by atoms with Gasteiger partial charge in [0, 0.05) is 57.1 Å². The van der Waals surface area contributed by atoms with Crippen LogP contribution in [-0.4, -0.2) is 51.9 Å². The molecule has 0 fully saturated rings. The Morgan fingerprint density at radius 1 is 0.935 bits per heavy atom. The zero-order valence-corrected chi connectivity index (χ0v) is 27.9. The number of fused-ring (bicyclic) bond motifs is 8. The van der Waals surface area contributed by atoms with Crippen LogP contribution in [0.3, 0.4) is 0 Å². The number of aromatic amines is 2. The van der Waals surface area contributed by atoms with Crippen LogP contribution in [0.2, 0.25) is 0 Å². The normalized spacial score (nSPS) is 16.0. The summed E-state index contributed by atoms with van der Waals surface area (Å²) in [6.45, 7) is 15.8. The second-order valence-corrected chi connectivity index (χ2v) is 12.2. The van der Waals surface area contributed by atoms with Crippen molar-refractivity contribution in [3.8, 4) is 0 Å². The van der Waals surface area contributed by atoms with Crippen LogP contribution >= 0.6 is 0 Å². The van der Waals surface area contributed by atoms with Crippen molar-refractivity contribution >= 4 is 57.0 Å². The standard InChI is InChI=1S/C37H42N4O5/c1-10-23-19(4)27-15-29-21(6)25(13-12-18(3)42)35(40-29)26(14-33(43)45-8)36-34(37(44)46-9)22(7)30(41-36)17-32-24(11-2)20(5)28(39-32)16-31(23)38-27/h10,15-17,21,25,38-39H,1,11-14H2,2-9H3/t21-,25-/m0/s1. The summed E-state index contributed by atoms with van der Waals surface area (Å²) in [5, 5.41) is 0. The summed E-state index contributed by atoms with van der Waals surface area (Å²) in [6.07, 6.45) is 3.35. The summed E-state index contributed by atoms with van der Waals surface area (Å²) in [4.78, 5) is 56.0. The molecular weight excluding hydrogens is 580 g/mol. The van der Waals surface area contributed by atoms with Crippen LogP contribution in [0.1, 0.15) is 103 Å². The molecule has 8 bridgehead atoms. The molecule has 0 amide bonds. The summed E-state index contributed by atoms with van der Waals surface area (Å²) < 4.78 is 10.4. The van der Waals surface area contributed by atoms with Gasteiger partial charge in [0.05, 0.1) is 43.3 Å². The Balaban J connectivity index is 2.04. The third kappa shape index (κ3) is 5.70. The number of carbonyl (C=O) groups is 3. The van der Waals surface area contributed by atoms with Crippen molar-refractivity contribution in [1.82, 2.24) is 19.9 Å². The number of esters is 2. The van der Waals surface area contributed by atoms with Crippen molar-refractivity contribution in [2.75, 3.05) is 14.2 Å². The summed E-state index contributed by atoms with van der Waals surface area (Å²) in [7, 11) is 2.66. The van der Waals surface area contributed by atoms with Crippen molar-refractivity contribution in [2.45, 2.75) is 79.1 Å². The van der Waals surface area contributed by atoms with E-state index in [0.717, 1.165) is 56.4 Å². The quantitative estimate of drug-likeness (QED) is 0.254.